The zero-order valence-corrected chi connectivity index (χ0v) is 13.7. The first-order chi connectivity index (χ1) is 9.60. The number of carbonyl (C=O) groups is 1. The smallest absolute Gasteiger partial charge is 0.238 e. The van der Waals surface area contributed by atoms with Crippen LogP contribution in [-0.4, -0.2) is 43.0 Å². The van der Waals surface area contributed by atoms with E-state index in [1.165, 1.54) is 0 Å². The minimum Gasteiger partial charge on any atom is -0.325 e. The van der Waals surface area contributed by atoms with Crippen LogP contribution in [-0.2, 0) is 4.79 Å². The number of hydrogen-bond donors (Lipinski definition) is 2. The normalized spacial score (nSPS) is 15.2. The molecule has 0 unspecified atom stereocenters. The Morgan fingerprint density at radius 3 is 2.80 bits per heavy atom. The molecule has 1 aliphatic rings. The summed E-state index contributed by atoms with van der Waals surface area (Å²) in [5.74, 6) is 0.0655. The zero-order valence-electron chi connectivity index (χ0n) is 12.1. The molecule has 0 aliphatic carbocycles. The Kier molecular flexibility index (Phi) is 5.57. The fourth-order valence-corrected chi connectivity index (χ4v) is 2.83. The van der Waals surface area contributed by atoms with E-state index in [2.05, 4.69) is 38.4 Å². The van der Waals surface area contributed by atoms with Crippen molar-refractivity contribution in [2.45, 2.75) is 26.3 Å². The highest BCUT2D eigenvalue weighted by Crippen LogP contribution is 2.20. The van der Waals surface area contributed by atoms with Crippen molar-refractivity contribution < 1.29 is 4.79 Å². The van der Waals surface area contributed by atoms with E-state index in [4.69, 9.17) is 0 Å². The Hall–Kier alpha value is -0.910. The van der Waals surface area contributed by atoms with Gasteiger partial charge in [0.1, 0.15) is 0 Å². The molecule has 20 heavy (non-hydrogen) atoms. The summed E-state index contributed by atoms with van der Waals surface area (Å²) >= 11 is 3.43. The lowest BCUT2D eigenvalue weighted by molar-refractivity contribution is -0.118. The third kappa shape index (κ3) is 4.04. The quantitative estimate of drug-likeness (QED) is 0.836. The lowest BCUT2D eigenvalue weighted by Gasteiger charge is -2.37. The summed E-state index contributed by atoms with van der Waals surface area (Å²) in [7, 11) is 0. The Balaban J connectivity index is 1.93. The highest BCUT2D eigenvalue weighted by Gasteiger charge is 2.25. The molecule has 0 saturated carbocycles. The SMILES string of the molecule is CCCN(CC(=O)Nc1ccc(Br)cc1C)C1CNC1. The van der Waals surface area contributed by atoms with Crippen molar-refractivity contribution in [3.05, 3.63) is 28.2 Å². The molecule has 1 saturated heterocycles. The van der Waals surface area contributed by atoms with Crippen LogP contribution in [0.1, 0.15) is 18.9 Å². The predicted molar refractivity (Wildman–Crippen MR) is 86.0 cm³/mol. The monoisotopic (exact) mass is 339 g/mol. The maximum Gasteiger partial charge on any atom is 0.238 e. The molecule has 1 heterocycles. The number of benzene rings is 1. The topological polar surface area (TPSA) is 44.4 Å². The van der Waals surface area contributed by atoms with Crippen LogP contribution in [0.4, 0.5) is 5.69 Å². The van der Waals surface area contributed by atoms with Gasteiger partial charge in [-0.05, 0) is 43.7 Å². The van der Waals surface area contributed by atoms with Gasteiger partial charge in [0.2, 0.25) is 5.91 Å². The van der Waals surface area contributed by atoms with E-state index in [1.807, 2.05) is 25.1 Å². The van der Waals surface area contributed by atoms with Gasteiger partial charge in [-0.3, -0.25) is 9.69 Å². The molecule has 110 valence electrons. The van der Waals surface area contributed by atoms with Crippen LogP contribution in [0, 0.1) is 6.92 Å². The number of amides is 1. The lowest BCUT2D eigenvalue weighted by atomic mass is 10.1. The minimum atomic E-state index is 0.0655. The third-order valence-corrected chi connectivity index (χ3v) is 4.09. The van der Waals surface area contributed by atoms with E-state index < -0.39 is 0 Å². The standard InChI is InChI=1S/C15H22BrN3O/c1-3-6-19(13-8-17-9-13)10-15(20)18-14-5-4-12(16)7-11(14)2/h4-5,7,13,17H,3,6,8-10H2,1-2H3,(H,18,20). The molecule has 1 amide bonds. The number of anilines is 1. The number of nitrogens with one attached hydrogen (secondary N) is 2. The van der Waals surface area contributed by atoms with E-state index in [0.717, 1.165) is 41.8 Å². The summed E-state index contributed by atoms with van der Waals surface area (Å²) in [5.41, 5.74) is 1.96. The summed E-state index contributed by atoms with van der Waals surface area (Å²) < 4.78 is 1.03. The Bertz CT molecular complexity index is 474. The molecule has 0 spiro atoms. The second-order valence-corrected chi connectivity index (χ2v) is 6.21. The van der Waals surface area contributed by atoms with Crippen LogP contribution >= 0.6 is 15.9 Å². The molecule has 5 heteroatoms. The first kappa shape index (κ1) is 15.5. The van der Waals surface area contributed by atoms with Gasteiger partial charge in [-0.15, -0.1) is 0 Å². The molecule has 1 aromatic rings. The maximum atomic E-state index is 12.2. The summed E-state index contributed by atoms with van der Waals surface area (Å²) in [6.07, 6.45) is 1.07. The van der Waals surface area contributed by atoms with Crippen molar-refractivity contribution in [1.82, 2.24) is 10.2 Å². The second kappa shape index (κ2) is 7.20. The lowest BCUT2D eigenvalue weighted by Crippen LogP contribution is -2.58. The molecule has 0 bridgehead atoms. The zero-order chi connectivity index (χ0) is 14.5. The van der Waals surface area contributed by atoms with Gasteiger partial charge in [0, 0.05) is 29.3 Å². The maximum absolute atomic E-state index is 12.2. The Morgan fingerprint density at radius 1 is 1.50 bits per heavy atom. The van der Waals surface area contributed by atoms with Gasteiger partial charge in [0.05, 0.1) is 6.54 Å². The minimum absolute atomic E-state index is 0.0655. The largest absolute Gasteiger partial charge is 0.325 e. The Morgan fingerprint density at radius 2 is 2.25 bits per heavy atom. The molecular formula is C15H22BrN3O. The van der Waals surface area contributed by atoms with Crippen LogP contribution in [0.15, 0.2) is 22.7 Å². The molecule has 1 aliphatic heterocycles. The summed E-state index contributed by atoms with van der Waals surface area (Å²) in [5, 5.41) is 6.27. The fourth-order valence-electron chi connectivity index (χ4n) is 2.35. The van der Waals surface area contributed by atoms with Crippen molar-refractivity contribution in [2.24, 2.45) is 0 Å². The van der Waals surface area contributed by atoms with Crippen LogP contribution in [0.25, 0.3) is 0 Å². The average molecular weight is 340 g/mol. The van der Waals surface area contributed by atoms with Gasteiger partial charge in [-0.25, -0.2) is 0 Å². The number of rotatable bonds is 6. The number of aryl methyl sites for hydroxylation is 1. The van der Waals surface area contributed by atoms with Crippen LogP contribution < -0.4 is 10.6 Å². The molecule has 0 atom stereocenters. The van der Waals surface area contributed by atoms with E-state index in [0.29, 0.717) is 12.6 Å². The van der Waals surface area contributed by atoms with Gasteiger partial charge in [-0.1, -0.05) is 22.9 Å². The third-order valence-electron chi connectivity index (χ3n) is 3.60. The Labute approximate surface area is 129 Å². The first-order valence-corrected chi connectivity index (χ1v) is 7.90. The van der Waals surface area contributed by atoms with Crippen molar-refractivity contribution in [1.29, 1.82) is 0 Å². The van der Waals surface area contributed by atoms with E-state index >= 15 is 0 Å². The van der Waals surface area contributed by atoms with Gasteiger partial charge >= 0.3 is 0 Å². The van der Waals surface area contributed by atoms with Gasteiger partial charge in [0.25, 0.3) is 0 Å². The van der Waals surface area contributed by atoms with Crippen molar-refractivity contribution in [3.63, 3.8) is 0 Å². The first-order valence-electron chi connectivity index (χ1n) is 7.11. The average Bonchev–Trinajstić information content (AvgIpc) is 2.31. The highest BCUT2D eigenvalue weighted by molar-refractivity contribution is 9.10. The van der Waals surface area contributed by atoms with Gasteiger partial charge < -0.3 is 10.6 Å². The molecule has 4 nitrogen and oxygen atoms in total. The van der Waals surface area contributed by atoms with Crippen molar-refractivity contribution >= 4 is 27.5 Å². The van der Waals surface area contributed by atoms with Crippen molar-refractivity contribution in [2.75, 3.05) is 31.5 Å². The van der Waals surface area contributed by atoms with Crippen molar-refractivity contribution in [3.8, 4) is 0 Å². The second-order valence-electron chi connectivity index (χ2n) is 5.29. The number of halogens is 1. The number of nitrogens with zero attached hydrogens (tertiary/aromatic N) is 1. The summed E-state index contributed by atoms with van der Waals surface area (Å²) in [6.45, 7) is 7.57. The number of hydrogen-bond acceptors (Lipinski definition) is 3. The predicted octanol–water partition coefficient (Wildman–Crippen LogP) is 2.38. The molecule has 1 fully saturated rings. The molecule has 0 radical (unpaired) electrons. The number of carbonyl (C=O) groups excluding carboxylic acids is 1. The molecule has 2 N–H and O–H groups in total. The molecule has 1 aromatic carbocycles. The van der Waals surface area contributed by atoms with Crippen LogP contribution in [0.5, 0.6) is 0 Å². The van der Waals surface area contributed by atoms with E-state index in [9.17, 15) is 4.79 Å². The van der Waals surface area contributed by atoms with Crippen LogP contribution in [0.3, 0.4) is 0 Å². The van der Waals surface area contributed by atoms with Crippen LogP contribution in [0.2, 0.25) is 0 Å². The highest BCUT2D eigenvalue weighted by atomic mass is 79.9. The summed E-state index contributed by atoms with van der Waals surface area (Å²) in [6, 6.07) is 6.40. The van der Waals surface area contributed by atoms with E-state index in [-0.39, 0.29) is 5.91 Å². The molecule has 0 aromatic heterocycles. The van der Waals surface area contributed by atoms with Gasteiger partial charge in [-0.2, -0.15) is 0 Å². The molecule has 2 rings (SSSR count). The fraction of sp³-hybridized carbons (Fsp3) is 0.533. The van der Waals surface area contributed by atoms with Gasteiger partial charge in [0.15, 0.2) is 0 Å². The molecular weight excluding hydrogens is 318 g/mol. The summed E-state index contributed by atoms with van der Waals surface area (Å²) in [4.78, 5) is 14.5. The van der Waals surface area contributed by atoms with E-state index in [1.54, 1.807) is 0 Å².